The summed E-state index contributed by atoms with van der Waals surface area (Å²) in [6.07, 6.45) is 12.7. The zero-order valence-corrected chi connectivity index (χ0v) is 14.0. The lowest BCUT2D eigenvalue weighted by molar-refractivity contribution is 0.198. The number of aryl methyl sites for hydroxylation is 2. The van der Waals surface area contributed by atoms with Crippen molar-refractivity contribution in [3.05, 3.63) is 18.0 Å². The summed E-state index contributed by atoms with van der Waals surface area (Å²) in [5.74, 6) is 3.54. The smallest absolute Gasteiger partial charge is 0.315 e. The largest absolute Gasteiger partial charge is 0.338 e. The number of fused-ring (bicyclic) bond motifs is 5. The highest BCUT2D eigenvalue weighted by Crippen LogP contribution is 2.58. The van der Waals surface area contributed by atoms with Crippen LogP contribution in [0.15, 0.2) is 12.4 Å². The average molecular weight is 316 g/mol. The first-order valence-corrected chi connectivity index (χ1v) is 9.22. The second-order valence-corrected chi connectivity index (χ2v) is 7.79. The minimum absolute atomic E-state index is 0.0308. The third kappa shape index (κ3) is 2.98. The topological polar surface area (TPSA) is 59.0 Å². The fourth-order valence-electron chi connectivity index (χ4n) is 5.55. The molecule has 2 N–H and O–H groups in total. The van der Waals surface area contributed by atoms with Crippen LogP contribution in [0.2, 0.25) is 0 Å². The maximum absolute atomic E-state index is 12.1. The van der Waals surface area contributed by atoms with Gasteiger partial charge in [-0.2, -0.15) is 5.10 Å². The van der Waals surface area contributed by atoms with Gasteiger partial charge in [0, 0.05) is 25.8 Å². The fourth-order valence-corrected chi connectivity index (χ4v) is 5.55. The number of aromatic nitrogens is 2. The van der Waals surface area contributed by atoms with Crippen molar-refractivity contribution in [3.8, 4) is 0 Å². The van der Waals surface area contributed by atoms with Crippen LogP contribution in [-0.4, -0.2) is 28.4 Å². The van der Waals surface area contributed by atoms with Crippen LogP contribution in [0.3, 0.4) is 0 Å². The molecule has 5 heteroatoms. The van der Waals surface area contributed by atoms with Crippen molar-refractivity contribution in [3.63, 3.8) is 0 Å². The fraction of sp³-hybridized carbons (Fsp3) is 0.778. The number of hydrogen-bond donors (Lipinski definition) is 2. The van der Waals surface area contributed by atoms with Gasteiger partial charge in [-0.3, -0.25) is 4.68 Å². The first kappa shape index (κ1) is 15.0. The third-order valence-corrected chi connectivity index (χ3v) is 6.43. The Morgan fingerprint density at radius 1 is 1.30 bits per heavy atom. The molecular formula is C18H28N4O. The summed E-state index contributed by atoms with van der Waals surface area (Å²) < 4.78 is 1.82. The first-order chi connectivity index (χ1) is 11.2. The van der Waals surface area contributed by atoms with E-state index in [1.165, 1.54) is 37.7 Å². The predicted octanol–water partition coefficient (Wildman–Crippen LogP) is 2.48. The van der Waals surface area contributed by atoms with Crippen molar-refractivity contribution in [1.29, 1.82) is 0 Å². The highest BCUT2D eigenvalue weighted by atomic mass is 16.2. The number of amides is 2. The monoisotopic (exact) mass is 316 g/mol. The van der Waals surface area contributed by atoms with Gasteiger partial charge in [0.15, 0.2) is 0 Å². The van der Waals surface area contributed by atoms with Crippen LogP contribution in [0.25, 0.3) is 0 Å². The van der Waals surface area contributed by atoms with Crippen molar-refractivity contribution in [2.45, 2.75) is 51.0 Å². The molecule has 0 aliphatic heterocycles. The summed E-state index contributed by atoms with van der Waals surface area (Å²) in [5.41, 5.74) is 1.23. The molecule has 1 aromatic heterocycles. The summed E-state index contributed by atoms with van der Waals surface area (Å²) >= 11 is 0. The van der Waals surface area contributed by atoms with E-state index < -0.39 is 0 Å². The van der Waals surface area contributed by atoms with Gasteiger partial charge in [-0.25, -0.2) is 4.79 Å². The van der Waals surface area contributed by atoms with Crippen molar-refractivity contribution in [1.82, 2.24) is 20.4 Å². The van der Waals surface area contributed by atoms with Crippen LogP contribution < -0.4 is 10.6 Å². The Balaban J connectivity index is 1.18. The maximum atomic E-state index is 12.1. The van der Waals surface area contributed by atoms with Gasteiger partial charge in [-0.15, -0.1) is 0 Å². The molecule has 3 aliphatic carbocycles. The van der Waals surface area contributed by atoms with Gasteiger partial charge in [0.2, 0.25) is 0 Å². The summed E-state index contributed by atoms with van der Waals surface area (Å²) in [5, 5.41) is 10.5. The Labute approximate surface area is 138 Å². The number of rotatable bonds is 5. The molecule has 5 nitrogen and oxygen atoms in total. The predicted molar refractivity (Wildman–Crippen MR) is 88.9 cm³/mol. The first-order valence-electron chi connectivity index (χ1n) is 9.22. The molecule has 2 amide bonds. The summed E-state index contributed by atoms with van der Waals surface area (Å²) in [6, 6.07) is 0.459. The minimum Gasteiger partial charge on any atom is -0.338 e. The van der Waals surface area contributed by atoms with Crippen LogP contribution in [-0.2, 0) is 13.5 Å². The van der Waals surface area contributed by atoms with E-state index in [1.807, 2.05) is 24.1 Å². The lowest BCUT2D eigenvalue weighted by Gasteiger charge is -2.32. The number of carbonyl (C=O) groups excluding carboxylic acids is 1. The zero-order chi connectivity index (χ0) is 15.8. The Kier molecular flexibility index (Phi) is 4.04. The minimum atomic E-state index is 0.0308. The van der Waals surface area contributed by atoms with Crippen molar-refractivity contribution >= 4 is 6.03 Å². The number of nitrogens with one attached hydrogen (secondary N) is 2. The van der Waals surface area contributed by atoms with Gasteiger partial charge >= 0.3 is 6.03 Å². The van der Waals surface area contributed by atoms with Gasteiger partial charge in [0.25, 0.3) is 0 Å². The summed E-state index contributed by atoms with van der Waals surface area (Å²) in [4.78, 5) is 12.1. The van der Waals surface area contributed by atoms with E-state index in [2.05, 4.69) is 15.7 Å². The average Bonchev–Trinajstić information content (AvgIpc) is 3.25. The van der Waals surface area contributed by atoms with E-state index in [4.69, 9.17) is 0 Å². The number of carbonyl (C=O) groups is 1. The molecule has 4 rings (SSSR count). The van der Waals surface area contributed by atoms with Gasteiger partial charge in [-0.1, -0.05) is 6.42 Å². The van der Waals surface area contributed by atoms with Gasteiger partial charge in [-0.05, 0) is 67.8 Å². The molecular weight excluding hydrogens is 288 g/mol. The van der Waals surface area contributed by atoms with Crippen LogP contribution in [0, 0.1) is 23.7 Å². The van der Waals surface area contributed by atoms with E-state index in [1.54, 1.807) is 0 Å². The molecule has 5 atom stereocenters. The lowest BCUT2D eigenvalue weighted by atomic mass is 9.79. The molecule has 3 fully saturated rings. The number of nitrogens with zero attached hydrogens (tertiary/aromatic N) is 2. The summed E-state index contributed by atoms with van der Waals surface area (Å²) in [7, 11) is 1.93. The number of urea groups is 1. The van der Waals surface area contributed by atoms with E-state index in [0.29, 0.717) is 6.04 Å². The Hall–Kier alpha value is -1.52. The molecule has 3 aliphatic rings. The molecule has 2 bridgehead atoms. The molecule has 0 saturated heterocycles. The van der Waals surface area contributed by atoms with E-state index in [-0.39, 0.29) is 6.03 Å². The summed E-state index contributed by atoms with van der Waals surface area (Å²) in [6.45, 7) is 0.730. The van der Waals surface area contributed by atoms with Gasteiger partial charge in [0.1, 0.15) is 0 Å². The molecule has 0 unspecified atom stereocenters. The molecule has 23 heavy (non-hydrogen) atoms. The second kappa shape index (κ2) is 6.17. The quantitative estimate of drug-likeness (QED) is 0.820. The van der Waals surface area contributed by atoms with Gasteiger partial charge < -0.3 is 10.6 Å². The van der Waals surface area contributed by atoms with Crippen molar-refractivity contribution < 1.29 is 4.79 Å². The molecule has 0 radical (unpaired) electrons. The third-order valence-electron chi connectivity index (χ3n) is 6.43. The maximum Gasteiger partial charge on any atom is 0.315 e. The van der Waals surface area contributed by atoms with E-state index >= 15 is 0 Å². The lowest BCUT2D eigenvalue weighted by Crippen LogP contribution is -2.47. The standard InChI is InChI=1S/C18H28N4O/c1-22-11-12(10-20-22)4-3-7-19-18(23)21-17-9-13-8-16(17)15-6-2-5-14(13)15/h10-11,13-17H,2-9H2,1H3,(H2,19,21,23)/t13-,14+,15-,16+,17-/m1/s1. The second-order valence-electron chi connectivity index (χ2n) is 7.79. The Morgan fingerprint density at radius 3 is 3.00 bits per heavy atom. The van der Waals surface area contributed by atoms with Gasteiger partial charge in [0.05, 0.1) is 6.20 Å². The molecule has 0 aromatic carbocycles. The molecule has 1 aromatic rings. The molecule has 1 heterocycles. The van der Waals surface area contributed by atoms with Crippen LogP contribution in [0.4, 0.5) is 4.79 Å². The normalized spacial score (nSPS) is 34.6. The van der Waals surface area contributed by atoms with Crippen molar-refractivity contribution in [2.24, 2.45) is 30.7 Å². The van der Waals surface area contributed by atoms with E-state index in [9.17, 15) is 4.79 Å². The highest BCUT2D eigenvalue weighted by Gasteiger charge is 2.53. The highest BCUT2D eigenvalue weighted by molar-refractivity contribution is 5.74. The Bertz CT molecular complexity index is 569. The number of hydrogen-bond acceptors (Lipinski definition) is 2. The molecule has 3 saturated carbocycles. The van der Waals surface area contributed by atoms with Crippen LogP contribution in [0.5, 0.6) is 0 Å². The van der Waals surface area contributed by atoms with E-state index in [0.717, 1.165) is 43.1 Å². The zero-order valence-electron chi connectivity index (χ0n) is 14.0. The molecule has 126 valence electrons. The van der Waals surface area contributed by atoms with Crippen molar-refractivity contribution in [2.75, 3.05) is 6.54 Å². The SMILES string of the molecule is Cn1cc(CCCNC(=O)N[C@@H]2C[C@H]3C[C@H]2[C@@H]2CCC[C@@H]32)cn1. The van der Waals surface area contributed by atoms with Crippen LogP contribution in [0.1, 0.15) is 44.1 Å². The van der Waals surface area contributed by atoms with Crippen LogP contribution >= 0.6 is 0 Å². The molecule has 0 spiro atoms. The Morgan fingerprint density at radius 2 is 2.17 bits per heavy atom.